The number of hydrogen-bond acceptors (Lipinski definition) is 5. The van der Waals surface area contributed by atoms with Gasteiger partial charge in [0.1, 0.15) is 0 Å². The van der Waals surface area contributed by atoms with Crippen molar-refractivity contribution < 1.29 is 9.90 Å². The molecule has 0 unspecified atom stereocenters. The number of tetrazole rings is 1. The Morgan fingerprint density at radius 3 is 2.53 bits per heavy atom. The molecule has 0 bridgehead atoms. The summed E-state index contributed by atoms with van der Waals surface area (Å²) < 4.78 is 1.73. The summed E-state index contributed by atoms with van der Waals surface area (Å²) in [5.74, 6) is -0.116. The molecule has 7 nitrogen and oxygen atoms in total. The average molecular weight is 269 g/mol. The Kier molecular flexibility index (Phi) is 4.62. The minimum Gasteiger partial charge on any atom is -0.481 e. The van der Waals surface area contributed by atoms with Gasteiger partial charge in [-0.25, -0.2) is 4.68 Å². The lowest BCUT2D eigenvalue weighted by molar-refractivity contribution is -0.151. The Morgan fingerprint density at radius 1 is 1.37 bits per heavy atom. The third-order valence-corrected chi connectivity index (χ3v) is 3.83. The van der Waals surface area contributed by atoms with E-state index in [0.717, 1.165) is 18.8 Å². The number of carboxylic acid groups (broad SMARTS) is 1. The maximum Gasteiger partial charge on any atom is 0.310 e. The lowest BCUT2D eigenvalue weighted by Gasteiger charge is -2.38. The molecule has 0 atom stereocenters. The Balaban J connectivity index is 2.75. The van der Waals surface area contributed by atoms with Crippen molar-refractivity contribution in [3.8, 4) is 0 Å². The van der Waals surface area contributed by atoms with Gasteiger partial charge in [0, 0.05) is 12.1 Å². The van der Waals surface area contributed by atoms with Crippen molar-refractivity contribution >= 4 is 5.97 Å². The average Bonchev–Trinajstić information content (AvgIpc) is 2.74. The molecule has 108 valence electrons. The van der Waals surface area contributed by atoms with Gasteiger partial charge in [-0.15, -0.1) is 5.10 Å². The zero-order valence-corrected chi connectivity index (χ0v) is 12.3. The molecule has 7 heteroatoms. The van der Waals surface area contributed by atoms with E-state index in [1.807, 2.05) is 13.8 Å². The van der Waals surface area contributed by atoms with Crippen molar-refractivity contribution in [1.29, 1.82) is 0 Å². The van der Waals surface area contributed by atoms with Crippen molar-refractivity contribution in [2.24, 2.45) is 5.41 Å². The van der Waals surface area contributed by atoms with E-state index in [4.69, 9.17) is 0 Å². The van der Waals surface area contributed by atoms with E-state index in [-0.39, 0.29) is 0 Å². The van der Waals surface area contributed by atoms with E-state index in [1.165, 1.54) is 0 Å². The predicted molar refractivity (Wildman–Crippen MR) is 70.4 cm³/mol. The molecule has 1 aromatic heterocycles. The third-order valence-electron chi connectivity index (χ3n) is 3.83. The number of aromatic nitrogens is 4. The summed E-state index contributed by atoms with van der Waals surface area (Å²) in [6.07, 6.45) is 0.946. The van der Waals surface area contributed by atoms with Gasteiger partial charge in [-0.1, -0.05) is 6.92 Å². The molecule has 19 heavy (non-hydrogen) atoms. The Morgan fingerprint density at radius 2 is 2.00 bits per heavy atom. The summed E-state index contributed by atoms with van der Waals surface area (Å²) in [6, 6.07) is 0. The first-order chi connectivity index (χ1) is 8.72. The van der Waals surface area contributed by atoms with Gasteiger partial charge in [0.05, 0.1) is 12.0 Å². The number of carbonyl (C=O) groups is 1. The Bertz CT molecular complexity index is 439. The van der Waals surface area contributed by atoms with E-state index in [0.29, 0.717) is 6.54 Å². The highest BCUT2D eigenvalue weighted by molar-refractivity contribution is 5.75. The van der Waals surface area contributed by atoms with Gasteiger partial charge in [-0.05, 0) is 44.5 Å². The first kappa shape index (κ1) is 15.6. The maximum absolute atomic E-state index is 11.3. The van der Waals surface area contributed by atoms with E-state index in [1.54, 1.807) is 18.5 Å². The van der Waals surface area contributed by atoms with Crippen molar-refractivity contribution in [3.05, 3.63) is 5.82 Å². The van der Waals surface area contributed by atoms with Crippen LogP contribution in [0.15, 0.2) is 0 Å². The van der Waals surface area contributed by atoms with Crippen LogP contribution in [0.3, 0.4) is 0 Å². The number of hydrogen-bond donors (Lipinski definition) is 2. The van der Waals surface area contributed by atoms with Crippen LogP contribution in [-0.2, 0) is 17.9 Å². The van der Waals surface area contributed by atoms with Crippen molar-refractivity contribution in [1.82, 2.24) is 25.5 Å². The second kappa shape index (κ2) is 5.64. The summed E-state index contributed by atoms with van der Waals surface area (Å²) in [5.41, 5.74) is -1.47. The minimum absolute atomic E-state index is 0.441. The van der Waals surface area contributed by atoms with Crippen LogP contribution in [0.1, 0.15) is 46.9 Å². The number of nitrogens with one attached hydrogen (secondary N) is 1. The molecule has 0 aliphatic heterocycles. The van der Waals surface area contributed by atoms with Crippen LogP contribution in [0.25, 0.3) is 0 Å². The molecule has 0 radical (unpaired) electrons. The molecular formula is C12H23N5O2. The maximum atomic E-state index is 11.3. The largest absolute Gasteiger partial charge is 0.481 e. The SMILES string of the molecule is CCCn1nnnc1CNC(C)(C)C(C)(C)C(=O)O. The number of aliphatic carboxylic acids is 1. The summed E-state index contributed by atoms with van der Waals surface area (Å²) >= 11 is 0. The van der Waals surface area contributed by atoms with Gasteiger partial charge in [-0.3, -0.25) is 4.79 Å². The minimum atomic E-state index is -0.893. The Labute approximate surface area is 113 Å². The van der Waals surface area contributed by atoms with Crippen LogP contribution in [0, 0.1) is 5.41 Å². The second-order valence-corrected chi connectivity index (χ2v) is 5.73. The molecule has 2 N–H and O–H groups in total. The zero-order chi connectivity index (χ0) is 14.7. The van der Waals surface area contributed by atoms with Gasteiger partial charge in [-0.2, -0.15) is 0 Å². The van der Waals surface area contributed by atoms with Crippen LogP contribution in [0.5, 0.6) is 0 Å². The molecular weight excluding hydrogens is 246 g/mol. The molecule has 0 spiro atoms. The molecule has 0 saturated heterocycles. The van der Waals surface area contributed by atoms with E-state index >= 15 is 0 Å². The molecule has 0 aromatic carbocycles. The topological polar surface area (TPSA) is 92.9 Å². The smallest absolute Gasteiger partial charge is 0.310 e. The molecule has 1 rings (SSSR count). The van der Waals surface area contributed by atoms with Gasteiger partial charge in [0.25, 0.3) is 0 Å². The van der Waals surface area contributed by atoms with E-state index in [2.05, 4.69) is 27.8 Å². The molecule has 1 aromatic rings. The lowest BCUT2D eigenvalue weighted by Crippen LogP contribution is -2.54. The van der Waals surface area contributed by atoms with Gasteiger partial charge >= 0.3 is 5.97 Å². The number of carboxylic acids is 1. The zero-order valence-electron chi connectivity index (χ0n) is 12.3. The highest BCUT2D eigenvalue weighted by Gasteiger charge is 2.43. The molecule has 0 aliphatic rings. The van der Waals surface area contributed by atoms with Crippen LogP contribution < -0.4 is 5.32 Å². The van der Waals surface area contributed by atoms with Crippen LogP contribution in [0.2, 0.25) is 0 Å². The molecule has 1 heterocycles. The fourth-order valence-electron chi connectivity index (χ4n) is 1.52. The standard InChI is InChI=1S/C12H23N5O2/c1-6-7-17-9(14-15-16-17)8-13-12(4,5)11(2,3)10(18)19/h13H,6-8H2,1-5H3,(H,18,19). The summed E-state index contributed by atoms with van der Waals surface area (Å²) in [4.78, 5) is 11.3. The highest BCUT2D eigenvalue weighted by Crippen LogP contribution is 2.30. The quantitative estimate of drug-likeness (QED) is 0.769. The van der Waals surface area contributed by atoms with Gasteiger partial charge in [0.2, 0.25) is 0 Å². The van der Waals surface area contributed by atoms with E-state index in [9.17, 15) is 9.90 Å². The number of nitrogens with zero attached hydrogens (tertiary/aromatic N) is 4. The lowest BCUT2D eigenvalue weighted by atomic mass is 9.74. The molecule has 0 amide bonds. The predicted octanol–water partition coefficient (Wildman–Crippen LogP) is 1.06. The van der Waals surface area contributed by atoms with Crippen molar-refractivity contribution in [3.63, 3.8) is 0 Å². The number of aryl methyl sites for hydroxylation is 1. The first-order valence-corrected chi connectivity index (χ1v) is 6.46. The third kappa shape index (κ3) is 3.28. The van der Waals surface area contributed by atoms with Gasteiger partial charge in [0.15, 0.2) is 5.82 Å². The van der Waals surface area contributed by atoms with Crippen LogP contribution in [0.4, 0.5) is 0 Å². The summed E-state index contributed by atoms with van der Waals surface area (Å²) in [6.45, 7) is 10.4. The first-order valence-electron chi connectivity index (χ1n) is 6.46. The van der Waals surface area contributed by atoms with Crippen molar-refractivity contribution in [2.45, 2.75) is 59.7 Å². The second-order valence-electron chi connectivity index (χ2n) is 5.73. The molecule has 0 aliphatic carbocycles. The summed E-state index contributed by atoms with van der Waals surface area (Å²) in [7, 11) is 0. The summed E-state index contributed by atoms with van der Waals surface area (Å²) in [5, 5.41) is 24.0. The van der Waals surface area contributed by atoms with Crippen LogP contribution >= 0.6 is 0 Å². The van der Waals surface area contributed by atoms with Gasteiger partial charge < -0.3 is 10.4 Å². The molecule has 0 saturated carbocycles. The van der Waals surface area contributed by atoms with E-state index < -0.39 is 16.9 Å². The molecule has 0 fully saturated rings. The number of rotatable bonds is 7. The van der Waals surface area contributed by atoms with Crippen LogP contribution in [-0.4, -0.2) is 36.8 Å². The fraction of sp³-hybridized carbons (Fsp3) is 0.833. The highest BCUT2D eigenvalue weighted by atomic mass is 16.4. The Hall–Kier alpha value is -1.50. The van der Waals surface area contributed by atoms with Crippen molar-refractivity contribution in [2.75, 3.05) is 0 Å². The normalized spacial score (nSPS) is 12.7. The monoisotopic (exact) mass is 269 g/mol. The fourth-order valence-corrected chi connectivity index (χ4v) is 1.52.